The van der Waals surface area contributed by atoms with Gasteiger partial charge in [0.15, 0.2) is 0 Å². The van der Waals surface area contributed by atoms with Gasteiger partial charge in [-0.1, -0.05) is 334 Å². The van der Waals surface area contributed by atoms with Gasteiger partial charge >= 0.3 is 0 Å². The van der Waals surface area contributed by atoms with Crippen LogP contribution >= 0.6 is 0 Å². The van der Waals surface area contributed by atoms with Gasteiger partial charge in [-0.05, 0) is 128 Å². The number of halogens is 4. The summed E-state index contributed by atoms with van der Waals surface area (Å²) in [5.74, 6) is -7.54. The average Bonchev–Trinajstić information content (AvgIpc) is 1.59. The molecule has 14 aromatic carbocycles. The number of nitrogens with zero attached hydrogens (tertiary/aromatic N) is 8. The zero-order valence-corrected chi connectivity index (χ0v) is 75.2. The molecule has 0 bridgehead atoms. The number of hydrogen-bond donors (Lipinski definition) is 0. The van der Waals surface area contributed by atoms with Crippen molar-refractivity contribution in [1.29, 1.82) is 0 Å². The van der Waals surface area contributed by atoms with E-state index in [0.29, 0.717) is 33.5 Å². The normalized spacial score (nSPS) is 16.7. The van der Waals surface area contributed by atoms with Crippen LogP contribution in [0.5, 0.6) is 0 Å². The summed E-state index contributed by atoms with van der Waals surface area (Å²) < 4.78 is 369. The second-order valence-corrected chi connectivity index (χ2v) is 34.4. The van der Waals surface area contributed by atoms with E-state index in [1.54, 1.807) is 75.5 Å². The number of fused-ring (bicyclic) bond motifs is 8. The Morgan fingerprint density at radius 2 is 0.703 bits per heavy atom. The van der Waals surface area contributed by atoms with E-state index >= 15 is 17.6 Å². The van der Waals surface area contributed by atoms with Gasteiger partial charge in [0.25, 0.3) is 11.8 Å². The average molecular weight is 2080 g/mol. The van der Waals surface area contributed by atoms with Gasteiger partial charge in [0, 0.05) is 123 Å². The number of alkyl halides is 4. The van der Waals surface area contributed by atoms with E-state index in [-0.39, 0.29) is 120 Å². The molecule has 6 heterocycles. The van der Waals surface area contributed by atoms with Gasteiger partial charge in [-0.15, -0.1) is 59.8 Å². The van der Waals surface area contributed by atoms with Crippen LogP contribution in [0.2, 0.25) is 0 Å². The van der Waals surface area contributed by atoms with Crippen LogP contribution in [0.15, 0.2) is 339 Å². The zero-order chi connectivity index (χ0) is 116. The summed E-state index contributed by atoms with van der Waals surface area (Å²) in [6.45, 7) is 25.2. The van der Waals surface area contributed by atoms with E-state index in [4.69, 9.17) is 42.0 Å². The Morgan fingerprint density at radius 1 is 0.297 bits per heavy atom. The molecule has 2 aliphatic heterocycles. The third-order valence-electron chi connectivity index (χ3n) is 22.1. The van der Waals surface area contributed by atoms with Gasteiger partial charge in [0.05, 0.1) is 42.5 Å². The molecule has 0 fully saturated rings. The molecule has 20 rings (SSSR count). The molecular weight excluding hydrogens is 1950 g/mol. The van der Waals surface area contributed by atoms with Gasteiger partial charge in [-0.3, -0.25) is 0 Å². The minimum Gasteiger partial charge on any atom is -0.493 e. The Hall–Kier alpha value is -12.7. The van der Waals surface area contributed by atoms with Crippen molar-refractivity contribution in [3.05, 3.63) is 421 Å². The minimum atomic E-state index is -4.35. The molecule has 0 saturated heterocycles. The molecule has 0 saturated carbocycles. The first-order chi connectivity index (χ1) is 74.2. The number of para-hydroxylation sites is 8. The first kappa shape index (κ1) is 55.8. The molecule has 0 amide bonds. The van der Waals surface area contributed by atoms with E-state index in [2.05, 4.69) is 50.0 Å². The van der Waals surface area contributed by atoms with Gasteiger partial charge in [-0.25, -0.2) is 27.5 Å². The summed E-state index contributed by atoms with van der Waals surface area (Å²) in [5, 5.41) is 0.991. The van der Waals surface area contributed by atoms with Crippen molar-refractivity contribution in [2.75, 3.05) is 19.6 Å². The third-order valence-corrected chi connectivity index (χ3v) is 22.1. The van der Waals surface area contributed by atoms with Crippen LogP contribution < -0.4 is 19.6 Å². The molecule has 0 N–H and O–H groups in total. The molecule has 0 atom stereocenters. The van der Waals surface area contributed by atoms with Gasteiger partial charge in [0.1, 0.15) is 11.6 Å². The second-order valence-electron chi connectivity index (χ2n) is 34.4. The Kier molecular flexibility index (Phi) is 14.9. The van der Waals surface area contributed by atoms with E-state index in [9.17, 15) is 8.22 Å². The molecule has 0 spiro atoms. The maximum absolute atomic E-state index is 18.4. The SMILES string of the molecule is [2H]c1c([2H])c([2H])c(-c2c([2H])c([2H])c([2H])c(-c3c([2H])c([2H])c([2H])c([2H])c3[2H])c2N2[CH-]N(c3[c-]c(C(F)(F)c4[c-]c5c(cc4)c4ccccc4n5-c4cc(C(C)(C)C)ccn4)cc(C(C)(C)C)c3)c3ccccc32)c([2H])c1[2H].[2H]c1c([2H])c([2H])c(-c2cccc(-c3c([2H])c([2H])c([2H])c([2H])c3[2H])c2N2[CH-]N(c3[c-]c(C(F)(F)c4[c-]c5c(c([2H])c4[2H])c4c([2H])c([2H])c([2H])c([2H])c4n5-c4cc(C(C)(C)C)ccn4)cc(C(C)(C)C)c3)c3c([2H])c([2H])c([2H])c([2H])c32)c([2H])c1[2H].[Pt].[Pt]. The molecule has 2 aliphatic rings. The summed E-state index contributed by atoms with van der Waals surface area (Å²) in [4.78, 5) is 14.3. The van der Waals surface area contributed by atoms with Crippen LogP contribution in [0, 0.1) is 37.6 Å². The fourth-order valence-electron chi connectivity index (χ4n) is 15.5. The Morgan fingerprint density at radius 3 is 1.22 bits per heavy atom. The monoisotopic (exact) mass is 2070 g/mol. The molecule has 18 aromatic rings. The summed E-state index contributed by atoms with van der Waals surface area (Å²) in [7, 11) is 0. The molecule has 8 nitrogen and oxygen atoms in total. The maximum atomic E-state index is 18.4. The molecule has 14 heteroatoms. The van der Waals surface area contributed by atoms with Crippen LogP contribution in [-0.2, 0) is 75.6 Å². The van der Waals surface area contributed by atoms with Crippen LogP contribution in [0.1, 0.15) is 173 Å². The fourth-order valence-corrected chi connectivity index (χ4v) is 15.5. The second kappa shape index (κ2) is 34.1. The molecule has 4 aromatic heterocycles. The Balaban J connectivity index is 0.000000214. The largest absolute Gasteiger partial charge is 0.493 e. The number of anilines is 8. The molecular formula is C114H94F4N8Pt2-6. The van der Waals surface area contributed by atoms with Crippen molar-refractivity contribution >= 4 is 89.1 Å². The molecule has 128 heavy (non-hydrogen) atoms. The number of rotatable bonds is 14. The fraction of sp³-hybridized carbons (Fsp3) is 0.158. The summed E-state index contributed by atoms with van der Waals surface area (Å²) in [5.41, 5.74) is -7.34. The molecule has 0 aliphatic carbocycles. The number of pyridine rings is 2. The summed E-state index contributed by atoms with van der Waals surface area (Å²) in [6.07, 6.45) is 3.15. The van der Waals surface area contributed by atoms with Crippen molar-refractivity contribution < 1.29 is 105 Å². The predicted molar refractivity (Wildman–Crippen MR) is 511 cm³/mol. The minimum absolute atomic E-state index is 0. The van der Waals surface area contributed by atoms with E-state index in [1.807, 2.05) is 82.5 Å². The van der Waals surface area contributed by atoms with E-state index in [0.717, 1.165) is 39.0 Å². The smallest absolute Gasteiger partial charge is 0.254 e. The Labute approximate surface area is 822 Å². The van der Waals surface area contributed by atoms with Crippen LogP contribution in [-0.4, -0.2) is 19.1 Å². The van der Waals surface area contributed by atoms with Gasteiger partial charge < -0.3 is 28.7 Å². The summed E-state index contributed by atoms with van der Waals surface area (Å²) in [6, 6.07) is 20.2. The molecule has 644 valence electrons. The van der Waals surface area contributed by atoms with Crippen LogP contribution in [0.4, 0.5) is 63.1 Å². The van der Waals surface area contributed by atoms with Gasteiger partial charge in [0.2, 0.25) is 0 Å². The van der Waals surface area contributed by atoms with Gasteiger partial charge in [-0.2, -0.15) is 59.6 Å². The van der Waals surface area contributed by atoms with Crippen molar-refractivity contribution in [3.63, 3.8) is 0 Å². The first-order valence-corrected chi connectivity index (χ1v) is 40.2. The van der Waals surface area contributed by atoms with Crippen molar-refractivity contribution in [2.45, 2.75) is 117 Å². The number of aromatic nitrogens is 4. The molecule has 0 unspecified atom stereocenters. The van der Waals surface area contributed by atoms with Crippen LogP contribution in [0.3, 0.4) is 0 Å². The van der Waals surface area contributed by atoms with Crippen molar-refractivity contribution in [2.24, 2.45) is 0 Å². The van der Waals surface area contributed by atoms with Crippen molar-refractivity contribution in [1.82, 2.24) is 19.1 Å². The van der Waals surface area contributed by atoms with E-state index < -0.39 is 294 Å². The third kappa shape index (κ3) is 16.2. The predicted octanol–water partition coefficient (Wildman–Crippen LogP) is 30.5. The van der Waals surface area contributed by atoms with Crippen LogP contribution in [0.25, 0.3) is 99.8 Å². The topological polar surface area (TPSA) is 48.6 Å². The number of benzene rings is 14. The summed E-state index contributed by atoms with van der Waals surface area (Å²) >= 11 is 0. The standard InChI is InChI=1S/2C57H47F2N4.2Pt/c2*1-55(2,3)40-30-31-60-53(36-40)63-49-25-14-13-22-47(49)48-29-28-41(35-52(48)63)57(58,59)43-32-42(56(4,5)6)33-44(34-43)61-37-62(51-27-16-15-26-50(51)61)54-45(38-18-9-7-10-19-38)23-17-24-46(54)39-20-11-8-12-21-39;;/h2*7-33,36-37H,1-6H3;;/q2*-3;;/i7D,8D,9D,10D,11D,12D,13D,14D,15D,16D,18D,19D,20D,21D,22D,25D,26D,27D,28D,29D;7D,8D,9D,10D,11D,12D,17D,18D,19D,20D,21D,23D,24D;;. The van der Waals surface area contributed by atoms with E-state index in [1.165, 1.54) is 63.6 Å². The van der Waals surface area contributed by atoms with Crippen molar-refractivity contribution in [3.8, 4) is 56.1 Å². The Bertz CT molecular complexity index is 9050. The zero-order valence-electron chi connectivity index (χ0n) is 104. The maximum Gasteiger partial charge on any atom is 0.254 e. The quantitative estimate of drug-likeness (QED) is 0.0799. The first-order valence-electron chi connectivity index (χ1n) is 56.7. The molecule has 0 radical (unpaired) electrons. The number of hydrogen-bond acceptors (Lipinski definition) is 6.